The van der Waals surface area contributed by atoms with Gasteiger partial charge in [0.15, 0.2) is 0 Å². The van der Waals surface area contributed by atoms with Crippen molar-refractivity contribution in [1.29, 1.82) is 0 Å². The van der Waals surface area contributed by atoms with Crippen LogP contribution in [0.5, 0.6) is 0 Å². The summed E-state index contributed by atoms with van der Waals surface area (Å²) in [4.78, 5) is 2.49. The van der Waals surface area contributed by atoms with Gasteiger partial charge in [-0.2, -0.15) is 0 Å². The quantitative estimate of drug-likeness (QED) is 0.678. The highest BCUT2D eigenvalue weighted by Crippen LogP contribution is 2.25. The van der Waals surface area contributed by atoms with Crippen molar-refractivity contribution in [1.82, 2.24) is 4.90 Å². The normalized spacial score (nSPS) is 14.0. The molecule has 0 saturated heterocycles. The highest BCUT2D eigenvalue weighted by atomic mass is 32.2. The van der Waals surface area contributed by atoms with Gasteiger partial charge in [-0.3, -0.25) is 4.72 Å². The molecule has 0 aliphatic heterocycles. The topological polar surface area (TPSA) is 61.4 Å². The second-order valence-electron chi connectivity index (χ2n) is 7.40. The van der Waals surface area contributed by atoms with E-state index < -0.39 is 10.0 Å². The van der Waals surface area contributed by atoms with Gasteiger partial charge in [-0.15, -0.1) is 0 Å². The number of anilines is 2. The predicted octanol–water partition coefficient (Wildman–Crippen LogP) is 3.73. The van der Waals surface area contributed by atoms with Gasteiger partial charge in [0.2, 0.25) is 0 Å². The number of nitrogens with zero attached hydrogens (tertiary/aromatic N) is 1. The van der Waals surface area contributed by atoms with E-state index in [9.17, 15) is 8.42 Å². The maximum absolute atomic E-state index is 12.7. The van der Waals surface area contributed by atoms with Crippen molar-refractivity contribution in [3.63, 3.8) is 0 Å². The minimum atomic E-state index is -3.57. The number of hydrogen-bond donors (Lipinski definition) is 2. The fraction of sp³-hybridized carbons (Fsp3) is 0.429. The Bertz CT molecular complexity index is 861. The van der Waals surface area contributed by atoms with Crippen LogP contribution < -0.4 is 10.0 Å². The van der Waals surface area contributed by atoms with E-state index in [-0.39, 0.29) is 0 Å². The van der Waals surface area contributed by atoms with Crippen LogP contribution in [0.15, 0.2) is 47.4 Å². The molecule has 0 atom stereocenters. The minimum absolute atomic E-state index is 0.342. The van der Waals surface area contributed by atoms with Gasteiger partial charge in [0.25, 0.3) is 10.0 Å². The number of fused-ring (bicyclic) bond motifs is 1. The summed E-state index contributed by atoms with van der Waals surface area (Å²) in [6.45, 7) is 1.92. The van der Waals surface area contributed by atoms with Crippen LogP contribution in [0.4, 0.5) is 11.4 Å². The SMILES string of the molecule is CN(C)CCCNc1ccc(NS(=O)(=O)c2ccc3c(c2)CCCC3)cc1. The Kier molecular flexibility index (Phi) is 6.39. The summed E-state index contributed by atoms with van der Waals surface area (Å²) >= 11 is 0. The van der Waals surface area contributed by atoms with Crippen molar-refractivity contribution in [3.8, 4) is 0 Å². The van der Waals surface area contributed by atoms with E-state index in [2.05, 4.69) is 29.0 Å². The van der Waals surface area contributed by atoms with E-state index >= 15 is 0 Å². The lowest BCUT2D eigenvalue weighted by Gasteiger charge is -2.17. The van der Waals surface area contributed by atoms with Crippen LogP contribution in [0.2, 0.25) is 0 Å². The fourth-order valence-corrected chi connectivity index (χ4v) is 4.48. The second-order valence-corrected chi connectivity index (χ2v) is 9.09. The zero-order chi connectivity index (χ0) is 19.3. The number of hydrogen-bond acceptors (Lipinski definition) is 4. The first-order chi connectivity index (χ1) is 12.9. The molecule has 146 valence electrons. The Hall–Kier alpha value is -2.05. The first-order valence-corrected chi connectivity index (χ1v) is 11.1. The Morgan fingerprint density at radius 2 is 1.59 bits per heavy atom. The van der Waals surface area contributed by atoms with Gasteiger partial charge in [-0.05, 0) is 100 Å². The van der Waals surface area contributed by atoms with E-state index in [1.807, 2.05) is 24.3 Å². The molecular formula is C21H29N3O2S. The lowest BCUT2D eigenvalue weighted by Crippen LogP contribution is -2.16. The van der Waals surface area contributed by atoms with Crippen LogP contribution in [0.3, 0.4) is 0 Å². The average Bonchev–Trinajstić information content (AvgIpc) is 2.65. The van der Waals surface area contributed by atoms with Crippen molar-refractivity contribution >= 4 is 21.4 Å². The van der Waals surface area contributed by atoms with Crippen LogP contribution in [-0.2, 0) is 22.9 Å². The van der Waals surface area contributed by atoms with Gasteiger partial charge in [0.05, 0.1) is 4.90 Å². The van der Waals surface area contributed by atoms with Crippen LogP contribution in [0, 0.1) is 0 Å². The third-order valence-electron chi connectivity index (χ3n) is 4.88. The van der Waals surface area contributed by atoms with Gasteiger partial charge in [-0.25, -0.2) is 8.42 Å². The van der Waals surface area contributed by atoms with Gasteiger partial charge < -0.3 is 10.2 Å². The van der Waals surface area contributed by atoms with Crippen molar-refractivity contribution in [2.45, 2.75) is 37.0 Å². The summed E-state index contributed by atoms with van der Waals surface area (Å²) in [5, 5.41) is 3.35. The Morgan fingerprint density at radius 3 is 2.30 bits per heavy atom. The molecule has 1 aliphatic carbocycles. The third kappa shape index (κ3) is 5.47. The average molecular weight is 388 g/mol. The largest absolute Gasteiger partial charge is 0.385 e. The minimum Gasteiger partial charge on any atom is -0.385 e. The molecule has 0 radical (unpaired) electrons. The number of aryl methyl sites for hydroxylation is 2. The molecule has 0 bridgehead atoms. The maximum atomic E-state index is 12.7. The lowest BCUT2D eigenvalue weighted by atomic mass is 9.92. The second kappa shape index (κ2) is 8.76. The zero-order valence-electron chi connectivity index (χ0n) is 16.2. The third-order valence-corrected chi connectivity index (χ3v) is 6.26. The molecule has 0 unspecified atom stereocenters. The Morgan fingerprint density at radius 1 is 0.926 bits per heavy atom. The highest BCUT2D eigenvalue weighted by molar-refractivity contribution is 7.92. The molecule has 2 N–H and O–H groups in total. The Balaban J connectivity index is 1.62. The molecule has 27 heavy (non-hydrogen) atoms. The number of sulfonamides is 1. The van der Waals surface area contributed by atoms with Gasteiger partial charge in [0, 0.05) is 17.9 Å². The zero-order valence-corrected chi connectivity index (χ0v) is 17.0. The smallest absolute Gasteiger partial charge is 0.261 e. The van der Waals surface area contributed by atoms with Crippen LogP contribution in [-0.4, -0.2) is 40.5 Å². The molecule has 0 heterocycles. The highest BCUT2D eigenvalue weighted by Gasteiger charge is 2.17. The van der Waals surface area contributed by atoms with Gasteiger partial charge in [0.1, 0.15) is 0 Å². The molecule has 6 heteroatoms. The summed E-state index contributed by atoms with van der Waals surface area (Å²) in [5.74, 6) is 0. The molecule has 2 aromatic carbocycles. The molecular weight excluding hydrogens is 358 g/mol. The van der Waals surface area contributed by atoms with Crippen LogP contribution in [0.1, 0.15) is 30.4 Å². The van der Waals surface area contributed by atoms with E-state index in [0.29, 0.717) is 10.6 Å². The van der Waals surface area contributed by atoms with Crippen molar-refractivity contribution in [2.24, 2.45) is 0 Å². The number of nitrogens with one attached hydrogen (secondary N) is 2. The molecule has 3 rings (SSSR count). The van der Waals surface area contributed by atoms with Crippen LogP contribution in [0.25, 0.3) is 0 Å². The molecule has 0 saturated carbocycles. The monoisotopic (exact) mass is 387 g/mol. The van der Waals surface area contributed by atoms with E-state index in [1.165, 1.54) is 17.5 Å². The summed E-state index contributed by atoms with van der Waals surface area (Å²) in [7, 11) is 0.552. The van der Waals surface area contributed by atoms with Gasteiger partial charge in [-0.1, -0.05) is 6.07 Å². The molecule has 0 amide bonds. The van der Waals surface area contributed by atoms with E-state index in [0.717, 1.165) is 44.5 Å². The summed E-state index contributed by atoms with van der Waals surface area (Å²) in [6.07, 6.45) is 5.39. The lowest BCUT2D eigenvalue weighted by molar-refractivity contribution is 0.405. The first kappa shape index (κ1) is 19.7. The molecule has 0 aromatic heterocycles. The Labute approximate surface area is 162 Å². The predicted molar refractivity (Wildman–Crippen MR) is 112 cm³/mol. The molecule has 1 aliphatic rings. The van der Waals surface area contributed by atoms with Crippen LogP contribution >= 0.6 is 0 Å². The number of benzene rings is 2. The van der Waals surface area contributed by atoms with Crippen molar-refractivity contribution in [2.75, 3.05) is 37.2 Å². The van der Waals surface area contributed by atoms with E-state index in [4.69, 9.17) is 0 Å². The first-order valence-electron chi connectivity index (χ1n) is 9.57. The fourth-order valence-electron chi connectivity index (χ4n) is 3.38. The summed E-state index contributed by atoms with van der Waals surface area (Å²) in [6, 6.07) is 12.9. The number of rotatable bonds is 8. The molecule has 0 fully saturated rings. The molecule has 0 spiro atoms. The summed E-state index contributed by atoms with van der Waals surface area (Å²) in [5.41, 5.74) is 4.02. The van der Waals surface area contributed by atoms with Crippen molar-refractivity contribution < 1.29 is 8.42 Å². The van der Waals surface area contributed by atoms with Crippen molar-refractivity contribution in [3.05, 3.63) is 53.6 Å². The standard InChI is InChI=1S/C21H29N3O2S/c1-24(2)15-5-14-22-19-9-11-20(12-10-19)23-27(25,26)21-13-8-17-6-3-4-7-18(17)16-21/h8-13,16,22-23H,3-7,14-15H2,1-2H3. The van der Waals surface area contributed by atoms with E-state index in [1.54, 1.807) is 18.2 Å². The molecule has 5 nitrogen and oxygen atoms in total. The molecule has 2 aromatic rings. The van der Waals surface area contributed by atoms with Gasteiger partial charge >= 0.3 is 0 Å². The maximum Gasteiger partial charge on any atom is 0.261 e. The summed E-state index contributed by atoms with van der Waals surface area (Å²) < 4.78 is 28.1.